The zero-order valence-electron chi connectivity index (χ0n) is 29.0. The Morgan fingerprint density at radius 1 is 0.644 bits per heavy atom. The van der Waals surface area contributed by atoms with E-state index in [1.54, 1.807) is 0 Å². The van der Waals surface area contributed by atoms with E-state index in [4.69, 9.17) is 27.7 Å². The first kappa shape index (κ1) is 34.7. The topological polar surface area (TPSA) is 77.4 Å². The summed E-state index contributed by atoms with van der Waals surface area (Å²) in [7, 11) is -3.87. The summed E-state index contributed by atoms with van der Waals surface area (Å²) in [6, 6.07) is 13.1. The standard InChI is InChI=1S/C34H52B2NO7P/c1-11-39-45(38,40-12-2)22-16-14-13-15-21-37-29-23-25(35-41-31(3,4)32(5,6)42-35)17-19-27(29)28-20-18-26(24-30(28)37)36-43-33(7,8)34(9,10)44-36/h17-20,23-24H,11-16,21-22H2,1-10H3. The fraction of sp³-hybridized carbons (Fsp3) is 0.647. The van der Waals surface area contributed by atoms with Crippen LogP contribution < -0.4 is 10.9 Å². The Bertz CT molecular complexity index is 1430. The molecule has 0 radical (unpaired) electrons. The summed E-state index contributed by atoms with van der Waals surface area (Å²) in [6.07, 6.45) is 4.21. The third-order valence-corrected chi connectivity index (χ3v) is 12.3. The molecular weight excluding hydrogens is 587 g/mol. The molecule has 2 aliphatic heterocycles. The number of benzene rings is 2. The van der Waals surface area contributed by atoms with Crippen molar-refractivity contribution in [2.75, 3.05) is 19.4 Å². The normalized spacial score (nSPS) is 20.6. The van der Waals surface area contributed by atoms with Gasteiger partial charge < -0.3 is 32.2 Å². The third kappa shape index (κ3) is 6.85. The predicted molar refractivity (Wildman–Crippen MR) is 185 cm³/mol. The van der Waals surface area contributed by atoms with Crippen molar-refractivity contribution >= 4 is 54.6 Å². The van der Waals surface area contributed by atoms with Crippen molar-refractivity contribution in [2.24, 2.45) is 0 Å². The van der Waals surface area contributed by atoms with Crippen LogP contribution in [0, 0.1) is 0 Å². The second-order valence-electron chi connectivity index (χ2n) is 14.5. The van der Waals surface area contributed by atoms with Gasteiger partial charge >= 0.3 is 21.8 Å². The van der Waals surface area contributed by atoms with Gasteiger partial charge in [0, 0.05) is 28.4 Å². The molecule has 246 valence electrons. The van der Waals surface area contributed by atoms with E-state index < -0.39 is 44.2 Å². The lowest BCUT2D eigenvalue weighted by atomic mass is 9.78. The summed E-state index contributed by atoms with van der Waals surface area (Å²) in [6.45, 7) is 22.0. The van der Waals surface area contributed by atoms with Crippen molar-refractivity contribution in [1.82, 2.24) is 4.57 Å². The molecule has 0 bridgehead atoms. The highest BCUT2D eigenvalue weighted by molar-refractivity contribution is 7.53. The average molecular weight is 639 g/mol. The molecule has 2 fully saturated rings. The Kier molecular flexibility index (Phi) is 9.84. The number of aromatic nitrogens is 1. The first-order valence-electron chi connectivity index (χ1n) is 16.7. The summed E-state index contributed by atoms with van der Waals surface area (Å²) >= 11 is 0. The summed E-state index contributed by atoms with van der Waals surface area (Å²) in [5.41, 5.74) is 2.69. The Labute approximate surface area is 270 Å². The minimum Gasteiger partial charge on any atom is -0.399 e. The third-order valence-electron chi connectivity index (χ3n) is 10.2. The van der Waals surface area contributed by atoms with Crippen LogP contribution in [0.15, 0.2) is 36.4 Å². The van der Waals surface area contributed by atoms with Gasteiger partial charge in [0.2, 0.25) is 0 Å². The number of fused-ring (bicyclic) bond motifs is 3. The van der Waals surface area contributed by atoms with E-state index in [-0.39, 0.29) is 0 Å². The molecule has 0 amide bonds. The molecule has 0 spiro atoms. The number of unbranched alkanes of at least 4 members (excludes halogenated alkanes) is 3. The van der Waals surface area contributed by atoms with E-state index in [1.807, 2.05) is 13.8 Å². The molecule has 3 heterocycles. The molecule has 0 saturated carbocycles. The number of hydrogen-bond donors (Lipinski definition) is 0. The van der Waals surface area contributed by atoms with Gasteiger partial charge in [-0.1, -0.05) is 37.1 Å². The molecule has 45 heavy (non-hydrogen) atoms. The molecule has 3 aromatic rings. The minimum atomic E-state index is -3.00. The summed E-state index contributed by atoms with van der Waals surface area (Å²) in [5.74, 6) is 0. The Morgan fingerprint density at radius 2 is 1.04 bits per heavy atom. The van der Waals surface area contributed by atoms with Crippen molar-refractivity contribution in [3.63, 3.8) is 0 Å². The lowest BCUT2D eigenvalue weighted by Gasteiger charge is -2.32. The SMILES string of the molecule is CCOP(=O)(CCCCCCn1c2cc(B3OC(C)(C)C(C)(C)O3)ccc2c2ccc(B3OC(C)(C)C(C)(C)O3)cc21)OCC. The van der Waals surface area contributed by atoms with Crippen molar-refractivity contribution in [1.29, 1.82) is 0 Å². The Morgan fingerprint density at radius 3 is 1.44 bits per heavy atom. The molecule has 1 aromatic heterocycles. The van der Waals surface area contributed by atoms with Crippen molar-refractivity contribution < 1.29 is 32.2 Å². The van der Waals surface area contributed by atoms with E-state index in [0.717, 1.165) is 54.2 Å². The zero-order valence-corrected chi connectivity index (χ0v) is 29.9. The van der Waals surface area contributed by atoms with E-state index in [9.17, 15) is 4.57 Å². The summed E-state index contributed by atoms with van der Waals surface area (Å²) in [4.78, 5) is 0. The van der Waals surface area contributed by atoms with Crippen LogP contribution in [-0.2, 0) is 38.8 Å². The highest BCUT2D eigenvalue weighted by atomic mass is 31.2. The maximum absolute atomic E-state index is 12.9. The molecule has 0 unspecified atom stereocenters. The molecule has 0 atom stereocenters. The number of rotatable bonds is 13. The first-order valence-corrected chi connectivity index (χ1v) is 18.4. The molecule has 11 heteroatoms. The number of aryl methyl sites for hydroxylation is 1. The zero-order chi connectivity index (χ0) is 32.8. The van der Waals surface area contributed by atoms with Gasteiger partial charge in [0.25, 0.3) is 0 Å². The van der Waals surface area contributed by atoms with Gasteiger partial charge in [-0.25, -0.2) is 0 Å². The molecule has 5 rings (SSSR count). The van der Waals surface area contributed by atoms with Gasteiger partial charge in [-0.05, 0) is 105 Å². The quantitative estimate of drug-likeness (QED) is 0.111. The Hall–Kier alpha value is -1.64. The van der Waals surface area contributed by atoms with Gasteiger partial charge in [0.05, 0.1) is 41.8 Å². The molecular formula is C34H52B2NO7P. The van der Waals surface area contributed by atoms with Gasteiger partial charge in [0.1, 0.15) is 0 Å². The van der Waals surface area contributed by atoms with Crippen LogP contribution in [0.3, 0.4) is 0 Å². The monoisotopic (exact) mass is 639 g/mol. The highest BCUT2D eigenvalue weighted by Gasteiger charge is 2.53. The van der Waals surface area contributed by atoms with E-state index in [1.165, 1.54) is 10.8 Å². The van der Waals surface area contributed by atoms with E-state index in [2.05, 4.69) is 96.4 Å². The molecule has 0 aliphatic carbocycles. The fourth-order valence-corrected chi connectivity index (χ4v) is 7.84. The van der Waals surface area contributed by atoms with Crippen LogP contribution in [0.5, 0.6) is 0 Å². The molecule has 2 saturated heterocycles. The van der Waals surface area contributed by atoms with Gasteiger partial charge in [-0.15, -0.1) is 0 Å². The van der Waals surface area contributed by atoms with Crippen LogP contribution in [0.1, 0.15) is 94.9 Å². The predicted octanol–water partition coefficient (Wildman–Crippen LogP) is 7.22. The van der Waals surface area contributed by atoms with Crippen molar-refractivity contribution in [3.05, 3.63) is 36.4 Å². The fourth-order valence-electron chi connectivity index (χ4n) is 6.11. The smallest absolute Gasteiger partial charge is 0.399 e. The number of hydrogen-bond acceptors (Lipinski definition) is 7. The van der Waals surface area contributed by atoms with Gasteiger partial charge in [-0.3, -0.25) is 4.57 Å². The summed E-state index contributed by atoms with van der Waals surface area (Å²) in [5, 5.41) is 2.39. The minimum absolute atomic E-state index is 0.396. The van der Waals surface area contributed by atoms with Gasteiger partial charge in [-0.2, -0.15) is 0 Å². The molecule has 2 aliphatic rings. The van der Waals surface area contributed by atoms with Crippen molar-refractivity contribution in [2.45, 2.75) is 124 Å². The number of nitrogens with zero attached hydrogens (tertiary/aromatic N) is 1. The second kappa shape index (κ2) is 12.8. The van der Waals surface area contributed by atoms with Crippen LogP contribution in [0.4, 0.5) is 0 Å². The Balaban J connectivity index is 1.43. The van der Waals surface area contributed by atoms with Crippen LogP contribution in [-0.4, -0.2) is 60.6 Å². The molecule has 0 N–H and O–H groups in total. The second-order valence-corrected chi connectivity index (χ2v) is 16.7. The van der Waals surface area contributed by atoms with Gasteiger partial charge in [0.15, 0.2) is 0 Å². The van der Waals surface area contributed by atoms with Crippen LogP contribution in [0.2, 0.25) is 0 Å². The lowest BCUT2D eigenvalue weighted by Crippen LogP contribution is -2.41. The van der Waals surface area contributed by atoms with Crippen molar-refractivity contribution in [3.8, 4) is 0 Å². The largest absolute Gasteiger partial charge is 0.494 e. The lowest BCUT2D eigenvalue weighted by molar-refractivity contribution is 0.00578. The molecule has 2 aromatic carbocycles. The summed E-state index contributed by atoms with van der Waals surface area (Å²) < 4.78 is 51.9. The van der Waals surface area contributed by atoms with E-state index >= 15 is 0 Å². The average Bonchev–Trinajstić information content (AvgIpc) is 3.46. The van der Waals surface area contributed by atoms with Crippen LogP contribution in [0.25, 0.3) is 21.8 Å². The first-order chi connectivity index (χ1) is 21.0. The maximum Gasteiger partial charge on any atom is 0.494 e. The van der Waals surface area contributed by atoms with E-state index in [0.29, 0.717) is 19.4 Å². The highest BCUT2D eigenvalue weighted by Crippen LogP contribution is 2.48. The van der Waals surface area contributed by atoms with Crippen LogP contribution >= 0.6 is 7.60 Å². The molecule has 8 nitrogen and oxygen atoms in total. The maximum atomic E-state index is 12.9.